The molecule has 11 heteroatoms. The van der Waals surface area contributed by atoms with Gasteiger partial charge in [-0.25, -0.2) is 8.78 Å². The van der Waals surface area contributed by atoms with E-state index in [1.165, 1.54) is 24.3 Å². The predicted octanol–water partition coefficient (Wildman–Crippen LogP) is 2.92. The van der Waals surface area contributed by atoms with Crippen LogP contribution in [-0.2, 0) is 12.8 Å². The zero-order valence-corrected chi connectivity index (χ0v) is 19.5. The van der Waals surface area contributed by atoms with Crippen molar-refractivity contribution < 1.29 is 8.78 Å². The second-order valence-corrected chi connectivity index (χ2v) is 7.85. The van der Waals surface area contributed by atoms with Crippen molar-refractivity contribution in [3.8, 4) is 0 Å². The van der Waals surface area contributed by atoms with Crippen LogP contribution in [0.5, 0.6) is 0 Å². The monoisotopic (exact) mass is 483 g/mol. The van der Waals surface area contributed by atoms with Gasteiger partial charge in [-0.2, -0.15) is 15.0 Å². The molecule has 0 aliphatic carbocycles. The van der Waals surface area contributed by atoms with Gasteiger partial charge in [-0.05, 0) is 61.1 Å². The minimum absolute atomic E-state index is 0.0862. The third-order valence-corrected chi connectivity index (χ3v) is 5.02. The molecule has 3 rings (SSSR count). The lowest BCUT2D eigenvalue weighted by molar-refractivity contribution is 0.626. The number of aromatic nitrogens is 3. The van der Waals surface area contributed by atoms with Crippen LogP contribution in [0.15, 0.2) is 53.5 Å². The normalized spacial score (nSPS) is 10.6. The van der Waals surface area contributed by atoms with Crippen LogP contribution in [0.2, 0.25) is 0 Å². The number of nitrogens with one attached hydrogen (secondary N) is 3. The maximum absolute atomic E-state index is 13.1. The van der Waals surface area contributed by atoms with E-state index >= 15 is 0 Å². The average molecular weight is 484 g/mol. The zero-order valence-electron chi connectivity index (χ0n) is 19.5. The molecule has 1 aromatic heterocycles. The van der Waals surface area contributed by atoms with Crippen LogP contribution in [0, 0.1) is 11.6 Å². The van der Waals surface area contributed by atoms with Crippen LogP contribution in [-0.4, -0.2) is 47.1 Å². The van der Waals surface area contributed by atoms with E-state index in [0.717, 1.165) is 24.0 Å². The number of hydrogen-bond donors (Lipinski definition) is 5. The molecule has 0 spiro atoms. The molecule has 0 saturated heterocycles. The van der Waals surface area contributed by atoms with Crippen LogP contribution in [0.25, 0.3) is 0 Å². The quantitative estimate of drug-likeness (QED) is 0.134. The number of unbranched alkanes of at least 4 members (excludes halogenated alkanes) is 1. The average Bonchev–Trinajstić information content (AvgIpc) is 2.84. The Bertz CT molecular complexity index is 1000. The first-order valence-electron chi connectivity index (χ1n) is 11.5. The number of nitrogens with zero attached hydrogens (tertiary/aromatic N) is 4. The number of guanidine groups is 1. The first-order chi connectivity index (χ1) is 17.0. The smallest absolute Gasteiger partial charge is 0.229 e. The van der Waals surface area contributed by atoms with Crippen molar-refractivity contribution >= 4 is 23.8 Å². The Morgan fingerprint density at radius 3 is 1.51 bits per heavy atom. The first-order valence-corrected chi connectivity index (χ1v) is 11.5. The molecule has 0 bridgehead atoms. The van der Waals surface area contributed by atoms with Gasteiger partial charge >= 0.3 is 0 Å². The Morgan fingerprint density at radius 2 is 1.09 bits per heavy atom. The summed E-state index contributed by atoms with van der Waals surface area (Å²) in [5.74, 6) is 0.858. The molecule has 0 fully saturated rings. The summed E-state index contributed by atoms with van der Waals surface area (Å²) < 4.78 is 26.2. The van der Waals surface area contributed by atoms with Gasteiger partial charge in [0.25, 0.3) is 0 Å². The van der Waals surface area contributed by atoms with Crippen molar-refractivity contribution in [3.05, 3.63) is 71.3 Å². The summed E-state index contributed by atoms with van der Waals surface area (Å²) in [6, 6.07) is 12.8. The number of halogens is 2. The molecule has 9 nitrogen and oxygen atoms in total. The molecule has 35 heavy (non-hydrogen) atoms. The number of aliphatic imine (C=N–C) groups is 1. The van der Waals surface area contributed by atoms with E-state index in [1.807, 2.05) is 0 Å². The largest absolute Gasteiger partial charge is 0.370 e. The maximum atomic E-state index is 13.1. The lowest BCUT2D eigenvalue weighted by Crippen LogP contribution is -2.23. The standard InChI is InChI=1S/C24H31F2N9/c25-19-7-3-17(4-8-19)11-15-31-23-33-22(30-14-2-1-13-29-21(27)28)34-24(35-23)32-16-12-18-5-9-20(26)10-6-18/h3-10H,1-2,11-16H2,(H4,27,28,29)(H3,30,31,32,33,34,35). The van der Waals surface area contributed by atoms with E-state index in [1.54, 1.807) is 24.3 Å². The fourth-order valence-corrected chi connectivity index (χ4v) is 3.20. The fraction of sp³-hybridized carbons (Fsp3) is 0.333. The van der Waals surface area contributed by atoms with E-state index in [0.29, 0.717) is 56.9 Å². The molecule has 0 unspecified atom stereocenters. The molecule has 0 aliphatic heterocycles. The number of hydrogen-bond acceptors (Lipinski definition) is 7. The van der Waals surface area contributed by atoms with Crippen LogP contribution in [0.3, 0.4) is 0 Å². The van der Waals surface area contributed by atoms with Gasteiger partial charge in [-0.3, -0.25) is 4.99 Å². The van der Waals surface area contributed by atoms with Gasteiger partial charge in [0.15, 0.2) is 5.96 Å². The Labute approximate surface area is 203 Å². The molecular formula is C24H31F2N9. The summed E-state index contributed by atoms with van der Waals surface area (Å²) in [5.41, 5.74) is 12.7. The third-order valence-electron chi connectivity index (χ3n) is 5.02. The summed E-state index contributed by atoms with van der Waals surface area (Å²) >= 11 is 0. The van der Waals surface area contributed by atoms with Crippen molar-refractivity contribution in [2.75, 3.05) is 42.1 Å². The molecule has 0 aliphatic rings. The lowest BCUT2D eigenvalue weighted by Gasteiger charge is -2.11. The Balaban J connectivity index is 1.57. The maximum Gasteiger partial charge on any atom is 0.229 e. The fourth-order valence-electron chi connectivity index (χ4n) is 3.20. The van der Waals surface area contributed by atoms with Crippen LogP contribution in [0.1, 0.15) is 24.0 Å². The van der Waals surface area contributed by atoms with Gasteiger partial charge in [0.2, 0.25) is 17.8 Å². The summed E-state index contributed by atoms with van der Waals surface area (Å²) in [6.07, 6.45) is 3.03. The van der Waals surface area contributed by atoms with Crippen molar-refractivity contribution in [1.29, 1.82) is 0 Å². The molecule has 1 heterocycles. The SMILES string of the molecule is NC(N)=NCCCCNc1nc(NCCc2ccc(F)cc2)nc(NCCc2ccc(F)cc2)n1. The Kier molecular flexibility index (Phi) is 9.97. The second kappa shape index (κ2) is 13.6. The van der Waals surface area contributed by atoms with Gasteiger partial charge < -0.3 is 27.4 Å². The molecule has 3 aromatic rings. The Morgan fingerprint density at radius 1 is 0.657 bits per heavy atom. The molecule has 186 valence electrons. The molecular weight excluding hydrogens is 452 g/mol. The van der Waals surface area contributed by atoms with E-state index in [-0.39, 0.29) is 17.6 Å². The highest BCUT2D eigenvalue weighted by Crippen LogP contribution is 2.11. The van der Waals surface area contributed by atoms with Gasteiger partial charge in [0, 0.05) is 26.2 Å². The van der Waals surface area contributed by atoms with Crippen molar-refractivity contribution in [2.24, 2.45) is 16.5 Å². The summed E-state index contributed by atoms with van der Waals surface area (Å²) in [6.45, 7) is 2.35. The first kappa shape index (κ1) is 25.6. The molecule has 0 radical (unpaired) electrons. The van der Waals surface area contributed by atoms with E-state index < -0.39 is 0 Å². The molecule has 7 N–H and O–H groups in total. The zero-order chi connectivity index (χ0) is 24.9. The van der Waals surface area contributed by atoms with Crippen LogP contribution in [0.4, 0.5) is 26.6 Å². The molecule has 0 atom stereocenters. The van der Waals surface area contributed by atoms with E-state index in [4.69, 9.17) is 11.5 Å². The van der Waals surface area contributed by atoms with Crippen molar-refractivity contribution in [1.82, 2.24) is 15.0 Å². The lowest BCUT2D eigenvalue weighted by atomic mass is 10.1. The highest BCUT2D eigenvalue weighted by Gasteiger charge is 2.07. The highest BCUT2D eigenvalue weighted by atomic mass is 19.1. The van der Waals surface area contributed by atoms with Gasteiger partial charge in [-0.15, -0.1) is 0 Å². The highest BCUT2D eigenvalue weighted by molar-refractivity contribution is 5.75. The third kappa shape index (κ3) is 9.78. The van der Waals surface area contributed by atoms with Gasteiger partial charge in [-0.1, -0.05) is 24.3 Å². The van der Waals surface area contributed by atoms with Crippen LogP contribution >= 0.6 is 0 Å². The minimum atomic E-state index is -0.260. The number of rotatable bonds is 14. The molecule has 0 amide bonds. The molecule has 2 aromatic carbocycles. The number of anilines is 3. The van der Waals surface area contributed by atoms with E-state index in [2.05, 4.69) is 35.9 Å². The van der Waals surface area contributed by atoms with Crippen LogP contribution < -0.4 is 27.4 Å². The molecule has 0 saturated carbocycles. The number of benzene rings is 2. The summed E-state index contributed by atoms with van der Waals surface area (Å²) in [5, 5.41) is 9.61. The van der Waals surface area contributed by atoms with Gasteiger partial charge in [0.05, 0.1) is 0 Å². The second-order valence-electron chi connectivity index (χ2n) is 7.85. The predicted molar refractivity (Wildman–Crippen MR) is 135 cm³/mol. The van der Waals surface area contributed by atoms with Crippen molar-refractivity contribution in [2.45, 2.75) is 25.7 Å². The van der Waals surface area contributed by atoms with Gasteiger partial charge in [0.1, 0.15) is 11.6 Å². The summed E-state index contributed by atoms with van der Waals surface area (Å²) in [7, 11) is 0. The Hall–Kier alpha value is -4.02. The minimum Gasteiger partial charge on any atom is -0.370 e. The topological polar surface area (TPSA) is 139 Å². The van der Waals surface area contributed by atoms with E-state index in [9.17, 15) is 8.78 Å². The number of nitrogens with two attached hydrogens (primary N) is 2. The van der Waals surface area contributed by atoms with Crippen molar-refractivity contribution in [3.63, 3.8) is 0 Å². The summed E-state index contributed by atoms with van der Waals surface area (Å²) in [4.78, 5) is 17.3.